The maximum atomic E-state index is 11.9. The molecule has 1 aromatic carbocycles. The highest BCUT2D eigenvalue weighted by atomic mass is 19.1. The normalized spacial score (nSPS) is 17.3. The van der Waals surface area contributed by atoms with Crippen molar-refractivity contribution < 1.29 is 9.18 Å². The summed E-state index contributed by atoms with van der Waals surface area (Å²) in [6.07, 6.45) is 5.13. The van der Waals surface area contributed by atoms with Gasteiger partial charge in [0.25, 0.3) is 0 Å². The lowest BCUT2D eigenvalue weighted by atomic mass is 9.77. The molecule has 2 rings (SSSR count). The summed E-state index contributed by atoms with van der Waals surface area (Å²) >= 11 is 0. The van der Waals surface area contributed by atoms with Gasteiger partial charge in [0.1, 0.15) is 5.82 Å². The lowest BCUT2D eigenvalue weighted by Gasteiger charge is -2.27. The minimum atomic E-state index is -0.178. The van der Waals surface area contributed by atoms with Crippen LogP contribution in [0.1, 0.15) is 26.7 Å². The monoisotopic (exact) mass is 246 g/mol. The number of ketones is 1. The Kier molecular flexibility index (Phi) is 5.02. The Morgan fingerprint density at radius 3 is 2.22 bits per heavy atom. The molecular formula is C16H19FO. The van der Waals surface area contributed by atoms with E-state index in [2.05, 4.69) is 20.4 Å². The van der Waals surface area contributed by atoms with Crippen LogP contribution in [0.2, 0.25) is 0 Å². The van der Waals surface area contributed by atoms with E-state index >= 15 is 0 Å². The van der Waals surface area contributed by atoms with E-state index in [0.717, 1.165) is 12.0 Å². The van der Waals surface area contributed by atoms with Crippen LogP contribution in [0.3, 0.4) is 0 Å². The van der Waals surface area contributed by atoms with Crippen molar-refractivity contribution in [3.05, 3.63) is 60.5 Å². The molecule has 0 N–H and O–H groups in total. The van der Waals surface area contributed by atoms with Gasteiger partial charge in [0.15, 0.2) is 5.78 Å². The number of hydrogen-bond acceptors (Lipinski definition) is 1. The molecule has 0 aromatic heterocycles. The third-order valence-corrected chi connectivity index (χ3v) is 2.68. The molecular weight excluding hydrogens is 227 g/mol. The van der Waals surface area contributed by atoms with Gasteiger partial charge in [0, 0.05) is 6.42 Å². The summed E-state index contributed by atoms with van der Waals surface area (Å²) in [6, 6.07) is 7.94. The summed E-state index contributed by atoms with van der Waals surface area (Å²) < 4.78 is 11.9. The molecule has 0 heterocycles. The van der Waals surface area contributed by atoms with Gasteiger partial charge < -0.3 is 0 Å². The SMILES string of the molecule is C=CC1=CC(=O)CC(C)(C)C1.Fc1ccccc1. The number of carbonyl (C=O) groups is 1. The van der Waals surface area contributed by atoms with E-state index in [4.69, 9.17) is 0 Å². The third-order valence-electron chi connectivity index (χ3n) is 2.68. The van der Waals surface area contributed by atoms with Crippen LogP contribution in [0.15, 0.2) is 54.6 Å². The average Bonchev–Trinajstić information content (AvgIpc) is 2.28. The number of allylic oxidation sites excluding steroid dienone is 3. The number of rotatable bonds is 1. The van der Waals surface area contributed by atoms with E-state index in [-0.39, 0.29) is 17.0 Å². The molecule has 0 saturated carbocycles. The molecule has 1 aromatic rings. The van der Waals surface area contributed by atoms with Crippen molar-refractivity contribution in [3.8, 4) is 0 Å². The highest BCUT2D eigenvalue weighted by molar-refractivity contribution is 5.92. The lowest BCUT2D eigenvalue weighted by molar-refractivity contribution is -0.116. The Labute approximate surface area is 108 Å². The van der Waals surface area contributed by atoms with Gasteiger partial charge in [-0.2, -0.15) is 0 Å². The molecule has 0 fully saturated rings. The Morgan fingerprint density at radius 1 is 1.22 bits per heavy atom. The first-order valence-corrected chi connectivity index (χ1v) is 5.99. The van der Waals surface area contributed by atoms with Gasteiger partial charge in [-0.1, -0.05) is 44.7 Å². The van der Waals surface area contributed by atoms with Gasteiger partial charge in [-0.25, -0.2) is 4.39 Å². The van der Waals surface area contributed by atoms with E-state index in [0.29, 0.717) is 6.42 Å². The molecule has 0 saturated heterocycles. The van der Waals surface area contributed by atoms with E-state index in [9.17, 15) is 9.18 Å². The van der Waals surface area contributed by atoms with Crippen molar-refractivity contribution in [3.63, 3.8) is 0 Å². The van der Waals surface area contributed by atoms with Crippen LogP contribution >= 0.6 is 0 Å². The number of carbonyl (C=O) groups excluding carboxylic acids is 1. The molecule has 0 bridgehead atoms. The van der Waals surface area contributed by atoms with Gasteiger partial charge in [0.05, 0.1) is 0 Å². The van der Waals surface area contributed by atoms with E-state index in [1.165, 1.54) is 12.1 Å². The molecule has 0 unspecified atom stereocenters. The first-order valence-electron chi connectivity index (χ1n) is 5.99. The quantitative estimate of drug-likeness (QED) is 0.721. The second-order valence-electron chi connectivity index (χ2n) is 5.20. The fourth-order valence-corrected chi connectivity index (χ4v) is 1.94. The molecule has 1 nitrogen and oxygen atoms in total. The fraction of sp³-hybridized carbons (Fsp3) is 0.312. The lowest BCUT2D eigenvalue weighted by Crippen LogP contribution is -2.21. The molecule has 0 atom stereocenters. The zero-order valence-electron chi connectivity index (χ0n) is 10.9. The second-order valence-corrected chi connectivity index (χ2v) is 5.20. The van der Waals surface area contributed by atoms with Crippen LogP contribution in [-0.2, 0) is 4.79 Å². The molecule has 0 spiro atoms. The molecule has 18 heavy (non-hydrogen) atoms. The van der Waals surface area contributed by atoms with Crippen molar-refractivity contribution in [2.45, 2.75) is 26.7 Å². The van der Waals surface area contributed by atoms with Gasteiger partial charge in [-0.3, -0.25) is 4.79 Å². The minimum Gasteiger partial charge on any atom is -0.295 e. The van der Waals surface area contributed by atoms with Crippen LogP contribution in [0.5, 0.6) is 0 Å². The Bertz CT molecular complexity index is 443. The average molecular weight is 246 g/mol. The first kappa shape index (κ1) is 14.4. The molecule has 0 amide bonds. The number of halogens is 1. The van der Waals surface area contributed by atoms with Crippen LogP contribution in [0.25, 0.3) is 0 Å². The predicted octanol–water partition coefficient (Wildman–Crippen LogP) is 4.31. The Balaban J connectivity index is 0.000000199. The van der Waals surface area contributed by atoms with E-state index in [1.54, 1.807) is 30.4 Å². The van der Waals surface area contributed by atoms with E-state index < -0.39 is 0 Å². The van der Waals surface area contributed by atoms with Gasteiger partial charge in [-0.15, -0.1) is 0 Å². The highest BCUT2D eigenvalue weighted by Gasteiger charge is 2.25. The summed E-state index contributed by atoms with van der Waals surface area (Å²) in [6.45, 7) is 7.89. The van der Waals surface area contributed by atoms with Crippen molar-refractivity contribution in [1.29, 1.82) is 0 Å². The molecule has 2 heteroatoms. The molecule has 1 aliphatic carbocycles. The third kappa shape index (κ3) is 5.09. The Hall–Kier alpha value is -1.70. The standard InChI is InChI=1S/C10H14O.C6H5F/c1-4-8-5-9(11)7-10(2,3)6-8;7-6-4-2-1-3-5-6/h4-5H,1,6-7H2,2-3H3;1-5H. The molecule has 0 radical (unpaired) electrons. The van der Waals surface area contributed by atoms with Crippen LogP contribution in [0, 0.1) is 11.2 Å². The smallest absolute Gasteiger partial charge is 0.156 e. The zero-order valence-corrected chi connectivity index (χ0v) is 10.9. The van der Waals surface area contributed by atoms with Gasteiger partial charge in [-0.05, 0) is 35.6 Å². The number of benzene rings is 1. The van der Waals surface area contributed by atoms with Crippen molar-refractivity contribution in [2.75, 3.05) is 0 Å². The summed E-state index contributed by atoms with van der Waals surface area (Å²) in [5, 5.41) is 0. The first-order chi connectivity index (χ1) is 8.43. The molecule has 0 aliphatic heterocycles. The number of hydrogen-bond donors (Lipinski definition) is 0. The molecule has 1 aliphatic rings. The van der Waals surface area contributed by atoms with Crippen LogP contribution in [0.4, 0.5) is 4.39 Å². The maximum Gasteiger partial charge on any atom is 0.156 e. The van der Waals surface area contributed by atoms with Crippen molar-refractivity contribution >= 4 is 5.78 Å². The summed E-state index contributed by atoms with van der Waals surface area (Å²) in [5.74, 6) is 0.0543. The van der Waals surface area contributed by atoms with Crippen molar-refractivity contribution in [2.24, 2.45) is 5.41 Å². The highest BCUT2D eigenvalue weighted by Crippen LogP contribution is 2.33. The zero-order chi connectivity index (χ0) is 13.6. The van der Waals surface area contributed by atoms with Crippen LogP contribution < -0.4 is 0 Å². The fourth-order valence-electron chi connectivity index (χ4n) is 1.94. The maximum absolute atomic E-state index is 11.9. The summed E-state index contributed by atoms with van der Waals surface area (Å²) in [7, 11) is 0. The topological polar surface area (TPSA) is 17.1 Å². The summed E-state index contributed by atoms with van der Waals surface area (Å²) in [5.41, 5.74) is 1.21. The second kappa shape index (κ2) is 6.29. The van der Waals surface area contributed by atoms with Gasteiger partial charge >= 0.3 is 0 Å². The molecule has 96 valence electrons. The largest absolute Gasteiger partial charge is 0.295 e. The summed E-state index contributed by atoms with van der Waals surface area (Å²) in [4.78, 5) is 11.1. The minimum absolute atomic E-state index is 0.134. The van der Waals surface area contributed by atoms with Gasteiger partial charge in [0.2, 0.25) is 0 Å². The Morgan fingerprint density at radius 2 is 1.83 bits per heavy atom. The van der Waals surface area contributed by atoms with Crippen molar-refractivity contribution in [1.82, 2.24) is 0 Å². The van der Waals surface area contributed by atoms with E-state index in [1.807, 2.05) is 0 Å². The predicted molar refractivity (Wildman–Crippen MR) is 72.7 cm³/mol. The van der Waals surface area contributed by atoms with Crippen LogP contribution in [-0.4, -0.2) is 5.78 Å².